The minimum absolute atomic E-state index is 0.0376. The first kappa shape index (κ1) is 30.0. The van der Waals surface area contributed by atoms with Crippen molar-refractivity contribution in [1.82, 2.24) is 0 Å². The molecule has 0 heterocycles. The van der Waals surface area contributed by atoms with Crippen LogP contribution in [0.4, 0.5) is 0 Å². The number of carbonyl (C=O) groups is 3. The quantitative estimate of drug-likeness (QED) is 0.382. The number of hydrogen-bond acceptors (Lipinski definition) is 6. The molecule has 5 aliphatic rings. The molecule has 0 amide bonds. The summed E-state index contributed by atoms with van der Waals surface area (Å²) in [7, 11) is 0. The summed E-state index contributed by atoms with van der Waals surface area (Å²) >= 11 is 0. The number of aliphatic hydroxyl groups is 1. The first-order chi connectivity index (χ1) is 18.2. The minimum Gasteiger partial charge on any atom is -0.462 e. The lowest BCUT2D eigenvalue weighted by atomic mass is 9.29. The second-order valence-corrected chi connectivity index (χ2v) is 17.0. The van der Waals surface area contributed by atoms with Crippen molar-refractivity contribution < 1.29 is 29.0 Å². The first-order valence-electron chi connectivity index (χ1n) is 15.8. The van der Waals surface area contributed by atoms with Crippen molar-refractivity contribution in [3.63, 3.8) is 0 Å². The Morgan fingerprint density at radius 3 is 1.98 bits per heavy atom. The molecular weight excluding hydrogens is 504 g/mol. The number of fused-ring (bicyclic) bond motifs is 7. The average molecular weight is 559 g/mol. The highest BCUT2D eigenvalue weighted by molar-refractivity contribution is 5.95. The van der Waals surface area contributed by atoms with Gasteiger partial charge in [-0.2, -0.15) is 0 Å². The first-order valence-corrected chi connectivity index (χ1v) is 15.8. The van der Waals surface area contributed by atoms with E-state index >= 15 is 4.79 Å². The van der Waals surface area contributed by atoms with Crippen molar-refractivity contribution in [1.29, 1.82) is 0 Å². The Kier molecular flexibility index (Phi) is 6.61. The molecule has 0 aromatic heterocycles. The maximum absolute atomic E-state index is 15.0. The van der Waals surface area contributed by atoms with E-state index in [0.29, 0.717) is 6.42 Å². The SMILES string of the molecule is CC(=O)OC1C(=O)C2(O)C3CC(C)(C)CCC3(C)CCC2(C)C2(C)CCC3C(C)(C)C(OC(C)=O)CCC3(C)C12. The van der Waals surface area contributed by atoms with Crippen molar-refractivity contribution in [3.8, 4) is 0 Å². The fourth-order valence-corrected chi connectivity index (χ4v) is 11.8. The summed E-state index contributed by atoms with van der Waals surface area (Å²) in [4.78, 5) is 39.7. The molecule has 40 heavy (non-hydrogen) atoms. The van der Waals surface area contributed by atoms with Gasteiger partial charge in [0.1, 0.15) is 11.7 Å². The van der Waals surface area contributed by atoms with Crippen molar-refractivity contribution in [2.24, 2.45) is 50.2 Å². The maximum atomic E-state index is 15.0. The second kappa shape index (κ2) is 8.80. The Balaban J connectivity index is 1.67. The van der Waals surface area contributed by atoms with Crippen LogP contribution < -0.4 is 0 Å². The van der Waals surface area contributed by atoms with Crippen molar-refractivity contribution in [2.45, 2.75) is 145 Å². The Morgan fingerprint density at radius 1 is 0.775 bits per heavy atom. The highest BCUT2D eigenvalue weighted by Gasteiger charge is 2.80. The molecule has 6 heteroatoms. The van der Waals surface area contributed by atoms with E-state index < -0.39 is 28.5 Å². The molecule has 0 bridgehead atoms. The van der Waals surface area contributed by atoms with Crippen LogP contribution in [0.3, 0.4) is 0 Å². The van der Waals surface area contributed by atoms with Gasteiger partial charge in [0.2, 0.25) is 5.78 Å². The molecule has 0 radical (unpaired) electrons. The number of rotatable bonds is 2. The van der Waals surface area contributed by atoms with Gasteiger partial charge >= 0.3 is 11.9 Å². The van der Waals surface area contributed by atoms with Gasteiger partial charge in [0, 0.05) is 36.5 Å². The van der Waals surface area contributed by atoms with E-state index in [2.05, 4.69) is 55.4 Å². The number of Topliss-reactive ketones (excluding diaryl/α,β-unsaturated/α-hetero) is 1. The number of esters is 2. The van der Waals surface area contributed by atoms with Gasteiger partial charge in [-0.05, 0) is 85.4 Å². The molecule has 10 atom stereocenters. The molecule has 5 aliphatic carbocycles. The lowest BCUT2D eigenvalue weighted by Crippen LogP contribution is -2.80. The number of carbonyl (C=O) groups excluding carboxylic acids is 3. The largest absolute Gasteiger partial charge is 0.462 e. The third kappa shape index (κ3) is 3.72. The van der Waals surface area contributed by atoms with Crippen LogP contribution in [0.15, 0.2) is 0 Å². The number of hydrogen-bond donors (Lipinski definition) is 1. The third-order valence-corrected chi connectivity index (χ3v) is 14.1. The molecule has 0 aromatic carbocycles. The smallest absolute Gasteiger partial charge is 0.303 e. The van der Waals surface area contributed by atoms with E-state index in [1.54, 1.807) is 0 Å². The highest BCUT2D eigenvalue weighted by atomic mass is 16.6. The number of ether oxygens (including phenoxy) is 2. The molecule has 0 aromatic rings. The summed E-state index contributed by atoms with van der Waals surface area (Å²) in [5.74, 6) is -1.20. The average Bonchev–Trinajstić information content (AvgIpc) is 2.82. The Hall–Kier alpha value is -1.43. The normalized spacial score (nSPS) is 50.9. The van der Waals surface area contributed by atoms with Gasteiger partial charge in [0.05, 0.1) is 0 Å². The zero-order valence-corrected chi connectivity index (χ0v) is 26.7. The second-order valence-electron chi connectivity index (χ2n) is 17.0. The van der Waals surface area contributed by atoms with E-state index in [9.17, 15) is 14.7 Å². The molecule has 1 N–H and O–H groups in total. The van der Waals surface area contributed by atoms with E-state index in [-0.39, 0.29) is 57.3 Å². The fraction of sp³-hybridized carbons (Fsp3) is 0.912. The van der Waals surface area contributed by atoms with Crippen LogP contribution in [-0.4, -0.2) is 40.6 Å². The lowest BCUT2D eigenvalue weighted by molar-refractivity contribution is -0.311. The van der Waals surface area contributed by atoms with Crippen molar-refractivity contribution >= 4 is 17.7 Å². The summed E-state index contributed by atoms with van der Waals surface area (Å²) in [6.45, 7) is 20.9. The van der Waals surface area contributed by atoms with Crippen molar-refractivity contribution in [2.75, 3.05) is 0 Å². The van der Waals surface area contributed by atoms with Crippen LogP contribution in [0.2, 0.25) is 0 Å². The van der Waals surface area contributed by atoms with E-state index in [0.717, 1.165) is 51.4 Å². The summed E-state index contributed by atoms with van der Waals surface area (Å²) in [5.41, 5.74) is -3.30. The standard InChI is InChI=1S/C34H54O6/c1-20(35)39-24-12-13-31(8)22(29(24,5)6)11-14-32(9)26(31)25(40-21(2)36)27(37)34(38)23-19-28(3,4)15-16-30(23,7)17-18-33(32,34)10/h22-26,38H,11-19H2,1-10H3. The van der Waals surface area contributed by atoms with Gasteiger partial charge in [-0.3, -0.25) is 14.4 Å². The molecular formula is C34H54O6. The maximum Gasteiger partial charge on any atom is 0.303 e. The topological polar surface area (TPSA) is 89.9 Å². The highest BCUT2D eigenvalue weighted by Crippen LogP contribution is 2.77. The van der Waals surface area contributed by atoms with Gasteiger partial charge in [-0.25, -0.2) is 0 Å². The van der Waals surface area contributed by atoms with Gasteiger partial charge in [-0.15, -0.1) is 0 Å². The molecule has 226 valence electrons. The monoisotopic (exact) mass is 558 g/mol. The van der Waals surface area contributed by atoms with Crippen LogP contribution in [0.25, 0.3) is 0 Å². The molecule has 5 saturated carbocycles. The van der Waals surface area contributed by atoms with E-state index in [1.807, 2.05) is 0 Å². The molecule has 0 spiro atoms. The molecule has 5 rings (SSSR count). The predicted molar refractivity (Wildman–Crippen MR) is 153 cm³/mol. The number of ketones is 1. The molecule has 5 fully saturated rings. The van der Waals surface area contributed by atoms with E-state index in [4.69, 9.17) is 9.47 Å². The summed E-state index contributed by atoms with van der Waals surface area (Å²) < 4.78 is 12.0. The van der Waals surface area contributed by atoms with Crippen LogP contribution in [0, 0.1) is 50.2 Å². The Morgan fingerprint density at radius 2 is 1.38 bits per heavy atom. The van der Waals surface area contributed by atoms with Gasteiger partial charge in [0.25, 0.3) is 0 Å². The third-order valence-electron chi connectivity index (χ3n) is 14.1. The molecule has 0 aliphatic heterocycles. The van der Waals surface area contributed by atoms with Crippen LogP contribution in [-0.2, 0) is 23.9 Å². The molecule has 6 nitrogen and oxygen atoms in total. The molecule has 0 saturated heterocycles. The van der Waals surface area contributed by atoms with Crippen LogP contribution in [0.1, 0.15) is 127 Å². The van der Waals surface area contributed by atoms with E-state index in [1.165, 1.54) is 13.8 Å². The summed E-state index contributed by atoms with van der Waals surface area (Å²) in [6, 6.07) is 0. The van der Waals surface area contributed by atoms with Crippen LogP contribution in [0.5, 0.6) is 0 Å². The van der Waals surface area contributed by atoms with Crippen LogP contribution >= 0.6 is 0 Å². The van der Waals surface area contributed by atoms with Gasteiger partial charge < -0.3 is 14.6 Å². The zero-order chi connectivity index (χ0) is 29.9. The minimum atomic E-state index is -1.56. The molecule has 10 unspecified atom stereocenters. The summed E-state index contributed by atoms with van der Waals surface area (Å²) in [5, 5.41) is 13.1. The Bertz CT molecular complexity index is 1110. The lowest BCUT2D eigenvalue weighted by Gasteiger charge is -2.75. The Labute approximate surface area is 241 Å². The fourth-order valence-electron chi connectivity index (χ4n) is 11.8. The van der Waals surface area contributed by atoms with Crippen molar-refractivity contribution in [3.05, 3.63) is 0 Å². The zero-order valence-electron chi connectivity index (χ0n) is 26.7. The van der Waals surface area contributed by atoms with Gasteiger partial charge in [-0.1, -0.05) is 55.4 Å². The predicted octanol–water partition coefficient (Wildman–Crippen LogP) is 6.66. The van der Waals surface area contributed by atoms with Gasteiger partial charge in [0.15, 0.2) is 6.10 Å². The summed E-state index contributed by atoms with van der Waals surface area (Å²) in [6.07, 6.45) is 6.77.